The fourth-order valence-electron chi connectivity index (χ4n) is 2.70. The van der Waals surface area contributed by atoms with Crippen LogP contribution < -0.4 is 5.32 Å². The fourth-order valence-corrected chi connectivity index (χ4v) is 3.47. The summed E-state index contributed by atoms with van der Waals surface area (Å²) in [6.07, 6.45) is 8.22. The smallest absolute Gasteiger partial charge is 0.173 e. The lowest BCUT2D eigenvalue weighted by atomic mass is 9.94. The summed E-state index contributed by atoms with van der Waals surface area (Å²) in [5.41, 5.74) is 0.915. The Hall–Kier alpha value is -0.580. The van der Waals surface area contributed by atoms with Crippen LogP contribution in [0.3, 0.4) is 0 Å². The molecule has 0 atom stereocenters. The Kier molecular flexibility index (Phi) is 6.52. The second kappa shape index (κ2) is 8.16. The van der Waals surface area contributed by atoms with Crippen molar-refractivity contribution in [2.45, 2.75) is 38.1 Å². The van der Waals surface area contributed by atoms with Gasteiger partial charge in [-0.05, 0) is 59.2 Å². The van der Waals surface area contributed by atoms with Crippen LogP contribution in [0.4, 0.5) is 5.69 Å². The van der Waals surface area contributed by atoms with Crippen molar-refractivity contribution in [1.29, 1.82) is 0 Å². The van der Waals surface area contributed by atoms with E-state index in [9.17, 15) is 0 Å². The van der Waals surface area contributed by atoms with Crippen LogP contribution in [0.15, 0.2) is 35.3 Å². The first kappa shape index (κ1) is 16.8. The standard InChI is InChI=1S/C16H20BrClN2S/c1-2-10-20(13-6-4-3-5-7-13)16(21)19-12-8-9-14(17)15(18)11-12/h2,8-9,11,13H,1,3-7,10H2,(H,19,21). The normalized spacial score (nSPS) is 15.5. The van der Waals surface area contributed by atoms with Crippen LogP contribution in [0.2, 0.25) is 5.02 Å². The second-order valence-electron chi connectivity index (χ2n) is 5.29. The number of nitrogens with zero attached hydrogens (tertiary/aromatic N) is 1. The number of benzene rings is 1. The third-order valence-corrected chi connectivity index (χ3v) is 5.34. The molecule has 1 aromatic carbocycles. The molecule has 0 bridgehead atoms. The largest absolute Gasteiger partial charge is 0.342 e. The Morgan fingerprint density at radius 1 is 1.43 bits per heavy atom. The van der Waals surface area contributed by atoms with Gasteiger partial charge >= 0.3 is 0 Å². The summed E-state index contributed by atoms with van der Waals surface area (Å²) < 4.78 is 0.885. The van der Waals surface area contributed by atoms with Crippen LogP contribution >= 0.6 is 39.7 Å². The lowest BCUT2D eigenvalue weighted by Crippen LogP contribution is -2.43. The molecule has 0 heterocycles. The van der Waals surface area contributed by atoms with Crippen molar-refractivity contribution in [2.24, 2.45) is 0 Å². The van der Waals surface area contributed by atoms with Crippen molar-refractivity contribution in [2.75, 3.05) is 11.9 Å². The predicted octanol–water partition coefficient (Wildman–Crippen LogP) is 5.62. The number of halogens is 2. The molecule has 0 spiro atoms. The van der Waals surface area contributed by atoms with Crippen LogP contribution in [-0.2, 0) is 0 Å². The monoisotopic (exact) mass is 386 g/mol. The first-order valence-corrected chi connectivity index (χ1v) is 8.83. The summed E-state index contributed by atoms with van der Waals surface area (Å²) in [7, 11) is 0. The van der Waals surface area contributed by atoms with Gasteiger partial charge in [-0.15, -0.1) is 6.58 Å². The van der Waals surface area contributed by atoms with Crippen molar-refractivity contribution in [3.63, 3.8) is 0 Å². The van der Waals surface area contributed by atoms with E-state index in [4.69, 9.17) is 23.8 Å². The molecule has 0 saturated heterocycles. The highest BCUT2D eigenvalue weighted by atomic mass is 79.9. The SMILES string of the molecule is C=CCN(C(=S)Nc1ccc(Br)c(Cl)c1)C1CCCCC1. The number of thiocarbonyl (C=S) groups is 1. The van der Waals surface area contributed by atoms with Gasteiger partial charge in [0, 0.05) is 22.7 Å². The minimum Gasteiger partial charge on any atom is -0.342 e. The zero-order valence-electron chi connectivity index (χ0n) is 11.9. The molecule has 1 aliphatic carbocycles. The van der Waals surface area contributed by atoms with Gasteiger partial charge in [-0.25, -0.2) is 0 Å². The van der Waals surface area contributed by atoms with E-state index < -0.39 is 0 Å². The Morgan fingerprint density at radius 2 is 2.14 bits per heavy atom. The van der Waals surface area contributed by atoms with Gasteiger partial charge in [0.1, 0.15) is 0 Å². The molecule has 21 heavy (non-hydrogen) atoms. The van der Waals surface area contributed by atoms with E-state index in [0.29, 0.717) is 11.1 Å². The lowest BCUT2D eigenvalue weighted by molar-refractivity contribution is 0.263. The van der Waals surface area contributed by atoms with E-state index in [1.54, 1.807) is 0 Å². The maximum absolute atomic E-state index is 6.13. The molecule has 2 nitrogen and oxygen atoms in total. The molecule has 0 radical (unpaired) electrons. The van der Waals surface area contributed by atoms with Gasteiger partial charge in [-0.2, -0.15) is 0 Å². The van der Waals surface area contributed by atoms with E-state index in [1.807, 2.05) is 24.3 Å². The van der Waals surface area contributed by atoms with E-state index >= 15 is 0 Å². The van der Waals surface area contributed by atoms with Gasteiger partial charge in [0.05, 0.1) is 5.02 Å². The average molecular weight is 388 g/mol. The van der Waals surface area contributed by atoms with Gasteiger partial charge in [0.15, 0.2) is 5.11 Å². The summed E-state index contributed by atoms with van der Waals surface area (Å²) in [6.45, 7) is 4.63. The highest BCUT2D eigenvalue weighted by Crippen LogP contribution is 2.27. The molecule has 0 amide bonds. The lowest BCUT2D eigenvalue weighted by Gasteiger charge is -2.35. The van der Waals surface area contributed by atoms with Crippen LogP contribution in [0, 0.1) is 0 Å². The molecule has 1 saturated carbocycles. The van der Waals surface area contributed by atoms with Crippen molar-refractivity contribution in [1.82, 2.24) is 4.90 Å². The van der Waals surface area contributed by atoms with Gasteiger partial charge in [-0.1, -0.05) is 36.9 Å². The molecule has 5 heteroatoms. The molecule has 0 aromatic heterocycles. The zero-order valence-corrected chi connectivity index (χ0v) is 15.1. The first-order valence-electron chi connectivity index (χ1n) is 7.25. The van der Waals surface area contributed by atoms with E-state index in [2.05, 4.69) is 32.7 Å². The molecule has 0 unspecified atom stereocenters. The van der Waals surface area contributed by atoms with Gasteiger partial charge < -0.3 is 10.2 Å². The Balaban J connectivity index is 2.06. The van der Waals surface area contributed by atoms with Gasteiger partial charge in [0.25, 0.3) is 0 Å². The van der Waals surface area contributed by atoms with Crippen molar-refractivity contribution >= 4 is 50.5 Å². The highest BCUT2D eigenvalue weighted by molar-refractivity contribution is 9.10. The third-order valence-electron chi connectivity index (χ3n) is 3.77. The van der Waals surface area contributed by atoms with Crippen LogP contribution in [0.5, 0.6) is 0 Å². The fraction of sp³-hybridized carbons (Fsp3) is 0.438. The number of rotatable bonds is 4. The van der Waals surface area contributed by atoms with Crippen LogP contribution in [0.25, 0.3) is 0 Å². The number of nitrogens with one attached hydrogen (secondary N) is 1. The minimum absolute atomic E-state index is 0.516. The molecule has 0 aliphatic heterocycles. The van der Waals surface area contributed by atoms with Gasteiger partial charge in [-0.3, -0.25) is 0 Å². The highest BCUT2D eigenvalue weighted by Gasteiger charge is 2.22. The summed E-state index contributed by atoms with van der Waals surface area (Å²) >= 11 is 15.1. The molecule has 114 valence electrons. The topological polar surface area (TPSA) is 15.3 Å². The molecular formula is C16H20BrClN2S. The summed E-state index contributed by atoms with van der Waals surface area (Å²) in [6, 6.07) is 6.29. The maximum atomic E-state index is 6.13. The maximum Gasteiger partial charge on any atom is 0.173 e. The Morgan fingerprint density at radius 3 is 2.76 bits per heavy atom. The third kappa shape index (κ3) is 4.70. The van der Waals surface area contributed by atoms with Gasteiger partial charge in [0.2, 0.25) is 0 Å². The minimum atomic E-state index is 0.516. The Labute approximate surface area is 145 Å². The molecule has 1 aliphatic rings. The van der Waals surface area contributed by atoms with Crippen LogP contribution in [-0.4, -0.2) is 22.6 Å². The summed E-state index contributed by atoms with van der Waals surface area (Å²) in [5.74, 6) is 0. The number of anilines is 1. The quantitative estimate of drug-likeness (QED) is 0.533. The van der Waals surface area contributed by atoms with E-state index in [-0.39, 0.29) is 0 Å². The summed E-state index contributed by atoms with van der Waals surface area (Å²) in [4.78, 5) is 2.25. The molecule has 1 N–H and O–H groups in total. The molecular weight excluding hydrogens is 368 g/mol. The predicted molar refractivity (Wildman–Crippen MR) is 99.1 cm³/mol. The number of hydrogen-bond acceptors (Lipinski definition) is 1. The van der Waals surface area contributed by atoms with E-state index in [0.717, 1.165) is 21.8 Å². The summed E-state index contributed by atoms with van der Waals surface area (Å²) in [5, 5.41) is 4.72. The zero-order chi connectivity index (χ0) is 15.2. The Bertz CT molecular complexity index is 515. The van der Waals surface area contributed by atoms with Crippen LogP contribution in [0.1, 0.15) is 32.1 Å². The average Bonchev–Trinajstić information content (AvgIpc) is 2.49. The number of hydrogen-bond donors (Lipinski definition) is 1. The molecule has 1 aromatic rings. The molecule has 1 fully saturated rings. The first-order chi connectivity index (χ1) is 10.1. The van der Waals surface area contributed by atoms with Crippen molar-refractivity contribution < 1.29 is 0 Å². The van der Waals surface area contributed by atoms with Crippen molar-refractivity contribution in [3.05, 3.63) is 40.3 Å². The molecule has 2 rings (SSSR count). The second-order valence-corrected chi connectivity index (χ2v) is 6.94. The van der Waals surface area contributed by atoms with E-state index in [1.165, 1.54) is 32.1 Å². The van der Waals surface area contributed by atoms with Crippen molar-refractivity contribution in [3.8, 4) is 0 Å².